The van der Waals surface area contributed by atoms with E-state index in [1.54, 1.807) is 0 Å². The maximum absolute atomic E-state index is 3.89. The van der Waals surface area contributed by atoms with E-state index in [9.17, 15) is 0 Å². The van der Waals surface area contributed by atoms with Crippen LogP contribution < -0.4 is 0 Å². The summed E-state index contributed by atoms with van der Waals surface area (Å²) in [4.78, 5) is 0. The summed E-state index contributed by atoms with van der Waals surface area (Å²) in [6.45, 7) is 8.61. The van der Waals surface area contributed by atoms with Gasteiger partial charge in [-0.05, 0) is 5.92 Å². The van der Waals surface area contributed by atoms with Crippen LogP contribution in [-0.2, 0) is 0 Å². The van der Waals surface area contributed by atoms with Crippen molar-refractivity contribution >= 4 is 0 Å². The third-order valence-electron chi connectivity index (χ3n) is 4.48. The van der Waals surface area contributed by atoms with Gasteiger partial charge >= 0.3 is 0 Å². The fourth-order valence-corrected chi connectivity index (χ4v) is 3.07. The van der Waals surface area contributed by atoms with E-state index in [0.29, 0.717) is 0 Å². The fourth-order valence-electron chi connectivity index (χ4n) is 3.07. The summed E-state index contributed by atoms with van der Waals surface area (Å²) in [5.74, 6) is 0.962. The van der Waals surface area contributed by atoms with Crippen LogP contribution in [0.15, 0.2) is 0 Å². The van der Waals surface area contributed by atoms with Crippen molar-refractivity contribution in [1.82, 2.24) is 0 Å². The summed E-state index contributed by atoms with van der Waals surface area (Å²) >= 11 is 0. The monoisotopic (exact) mass is 281 g/mol. The first kappa shape index (κ1) is 20.0. The van der Waals surface area contributed by atoms with Gasteiger partial charge in [-0.15, -0.1) is 0 Å². The highest BCUT2D eigenvalue weighted by Gasteiger charge is 2.00. The fraction of sp³-hybridized carbons (Fsp3) is 0.950. The van der Waals surface area contributed by atoms with E-state index >= 15 is 0 Å². The van der Waals surface area contributed by atoms with Crippen LogP contribution in [0.25, 0.3) is 0 Å². The van der Waals surface area contributed by atoms with Gasteiger partial charge in [0.25, 0.3) is 0 Å². The van der Waals surface area contributed by atoms with E-state index in [4.69, 9.17) is 0 Å². The second kappa shape index (κ2) is 17.1. The maximum Gasteiger partial charge on any atom is -0.0443 e. The molecule has 0 aliphatic carbocycles. The van der Waals surface area contributed by atoms with Crippen LogP contribution in [-0.4, -0.2) is 0 Å². The van der Waals surface area contributed by atoms with Gasteiger partial charge in [-0.1, -0.05) is 124 Å². The molecule has 0 N–H and O–H groups in total. The van der Waals surface area contributed by atoms with Gasteiger partial charge in [0.15, 0.2) is 0 Å². The average molecular weight is 282 g/mol. The van der Waals surface area contributed by atoms with Crippen molar-refractivity contribution < 1.29 is 0 Å². The number of rotatable bonds is 16. The Bertz CT molecular complexity index is 161. The van der Waals surface area contributed by atoms with E-state index < -0.39 is 0 Å². The number of hydrogen-bond acceptors (Lipinski definition) is 0. The lowest BCUT2D eigenvalue weighted by Gasteiger charge is -2.09. The van der Waals surface area contributed by atoms with Crippen LogP contribution in [0.1, 0.15) is 117 Å². The zero-order valence-corrected chi connectivity index (χ0v) is 14.6. The van der Waals surface area contributed by atoms with Crippen LogP contribution in [0.3, 0.4) is 0 Å². The smallest absolute Gasteiger partial charge is 0.0443 e. The molecule has 0 amide bonds. The van der Waals surface area contributed by atoms with Gasteiger partial charge in [0, 0.05) is 0 Å². The molecule has 0 saturated heterocycles. The van der Waals surface area contributed by atoms with Gasteiger partial charge in [-0.2, -0.15) is 0 Å². The third kappa shape index (κ3) is 16.1. The predicted molar refractivity (Wildman–Crippen MR) is 94.1 cm³/mol. The molecular formula is C20H41. The minimum Gasteiger partial charge on any atom is -0.0654 e. The Labute approximate surface area is 130 Å². The van der Waals surface area contributed by atoms with Crippen LogP contribution in [0.5, 0.6) is 0 Å². The van der Waals surface area contributed by atoms with Gasteiger partial charge in [-0.25, -0.2) is 0 Å². The molecule has 0 bridgehead atoms. The Hall–Kier alpha value is 0. The highest BCUT2D eigenvalue weighted by molar-refractivity contribution is 4.54. The molecule has 0 aromatic carbocycles. The highest BCUT2D eigenvalue weighted by atomic mass is 14.1. The van der Waals surface area contributed by atoms with Crippen molar-refractivity contribution in [3.63, 3.8) is 0 Å². The van der Waals surface area contributed by atoms with E-state index in [-0.39, 0.29) is 0 Å². The molecule has 0 fully saturated rings. The topological polar surface area (TPSA) is 0 Å². The summed E-state index contributed by atoms with van der Waals surface area (Å²) < 4.78 is 0. The zero-order valence-electron chi connectivity index (χ0n) is 14.6. The largest absolute Gasteiger partial charge is 0.0654 e. The minimum atomic E-state index is 0.962. The van der Waals surface area contributed by atoms with Crippen LogP contribution in [0.2, 0.25) is 0 Å². The predicted octanol–water partition coefficient (Wildman–Crippen LogP) is 7.72. The Morgan fingerprint density at radius 2 is 1.00 bits per heavy atom. The Morgan fingerprint density at radius 3 is 1.40 bits per heavy atom. The second-order valence-corrected chi connectivity index (χ2v) is 6.78. The first-order valence-electron chi connectivity index (χ1n) is 9.60. The number of unbranched alkanes of at least 4 members (excludes halogenated alkanes) is 12. The molecule has 0 saturated carbocycles. The maximum atomic E-state index is 3.89. The van der Waals surface area contributed by atoms with Crippen molar-refractivity contribution in [3.05, 3.63) is 6.92 Å². The molecule has 1 radical (unpaired) electrons. The Kier molecular flexibility index (Phi) is 17.1. The van der Waals surface area contributed by atoms with Gasteiger partial charge in [0.1, 0.15) is 0 Å². The lowest BCUT2D eigenvalue weighted by Crippen LogP contribution is -1.93. The van der Waals surface area contributed by atoms with Crippen molar-refractivity contribution in [2.75, 3.05) is 0 Å². The summed E-state index contributed by atoms with van der Waals surface area (Å²) in [5.41, 5.74) is 0. The van der Waals surface area contributed by atoms with E-state index in [2.05, 4.69) is 20.8 Å². The molecule has 121 valence electrons. The molecule has 1 atom stereocenters. The van der Waals surface area contributed by atoms with Gasteiger partial charge in [-0.3, -0.25) is 0 Å². The second-order valence-electron chi connectivity index (χ2n) is 6.78. The Morgan fingerprint density at radius 1 is 0.600 bits per heavy atom. The van der Waals surface area contributed by atoms with Gasteiger partial charge < -0.3 is 0 Å². The summed E-state index contributed by atoms with van der Waals surface area (Å²) in [6, 6.07) is 0. The first-order chi connectivity index (χ1) is 9.81. The summed E-state index contributed by atoms with van der Waals surface area (Å²) in [7, 11) is 0. The molecule has 0 heterocycles. The molecule has 0 spiro atoms. The van der Waals surface area contributed by atoms with Crippen molar-refractivity contribution in [1.29, 1.82) is 0 Å². The molecule has 0 nitrogen and oxygen atoms in total. The van der Waals surface area contributed by atoms with Crippen molar-refractivity contribution in [3.8, 4) is 0 Å². The van der Waals surface area contributed by atoms with E-state index in [1.807, 2.05) is 0 Å². The molecule has 0 aliphatic heterocycles. The minimum absolute atomic E-state index is 0.962. The van der Waals surface area contributed by atoms with E-state index in [0.717, 1.165) is 12.3 Å². The number of hydrogen-bond donors (Lipinski definition) is 0. The molecule has 0 heteroatoms. The van der Waals surface area contributed by atoms with Gasteiger partial charge in [0.05, 0.1) is 0 Å². The summed E-state index contributed by atoms with van der Waals surface area (Å²) in [5, 5.41) is 0. The van der Waals surface area contributed by atoms with Crippen molar-refractivity contribution in [2.45, 2.75) is 117 Å². The SMILES string of the molecule is [CH2]CCCCCCCCCCCCCCC(C)CCC. The Balaban J connectivity index is 2.99. The van der Waals surface area contributed by atoms with Crippen molar-refractivity contribution in [2.24, 2.45) is 5.92 Å². The highest BCUT2D eigenvalue weighted by Crippen LogP contribution is 2.16. The molecular weight excluding hydrogens is 240 g/mol. The normalized spacial score (nSPS) is 12.8. The standard InChI is InChI=1S/C20H41/c1-4-6-7-8-9-10-11-12-13-14-15-16-17-19-20(3)18-5-2/h20H,1,4-19H2,2-3H3. The summed E-state index contributed by atoms with van der Waals surface area (Å²) in [6.07, 6.45) is 22.8. The molecule has 1 unspecified atom stereocenters. The molecule has 20 heavy (non-hydrogen) atoms. The first-order valence-corrected chi connectivity index (χ1v) is 9.60. The van der Waals surface area contributed by atoms with E-state index in [1.165, 1.54) is 96.3 Å². The lowest BCUT2D eigenvalue weighted by molar-refractivity contribution is 0.450. The molecule has 0 rings (SSSR count). The van der Waals surface area contributed by atoms with Crippen LogP contribution >= 0.6 is 0 Å². The van der Waals surface area contributed by atoms with Crippen LogP contribution in [0.4, 0.5) is 0 Å². The zero-order chi connectivity index (χ0) is 14.9. The molecule has 0 aromatic heterocycles. The lowest BCUT2D eigenvalue weighted by atomic mass is 9.98. The molecule has 0 aromatic rings. The average Bonchev–Trinajstić information content (AvgIpc) is 2.44. The quantitative estimate of drug-likeness (QED) is 0.254. The van der Waals surface area contributed by atoms with Gasteiger partial charge in [0.2, 0.25) is 0 Å². The third-order valence-corrected chi connectivity index (χ3v) is 4.48. The van der Waals surface area contributed by atoms with Crippen LogP contribution in [0, 0.1) is 12.8 Å². The molecule has 0 aliphatic rings.